The highest BCUT2D eigenvalue weighted by Crippen LogP contribution is 2.41. The second-order valence-electron chi connectivity index (χ2n) is 5.47. The molecular weight excluding hydrogens is 282 g/mol. The third kappa shape index (κ3) is 2.71. The van der Waals surface area contributed by atoms with Gasteiger partial charge >= 0.3 is 0 Å². The van der Waals surface area contributed by atoms with Crippen molar-refractivity contribution >= 4 is 11.6 Å². The number of nitrogens with one attached hydrogen (secondary N) is 1. The van der Waals surface area contributed by atoms with Gasteiger partial charge in [-0.2, -0.15) is 0 Å². The van der Waals surface area contributed by atoms with Gasteiger partial charge in [0, 0.05) is 17.7 Å². The standard InChI is InChI=1S/C18H20ClNO/c1-21-18(10-12-20-13-11-18)16-8-4-2-6-14(16)15-7-3-5-9-17(15)19/h2-9,20H,10-13H2,1H3. The van der Waals surface area contributed by atoms with E-state index in [-0.39, 0.29) is 5.60 Å². The van der Waals surface area contributed by atoms with Crippen LogP contribution in [-0.2, 0) is 10.3 Å². The number of rotatable bonds is 3. The molecule has 0 spiro atoms. The molecule has 0 atom stereocenters. The van der Waals surface area contributed by atoms with Gasteiger partial charge in [-0.25, -0.2) is 0 Å². The maximum Gasteiger partial charge on any atom is 0.0957 e. The molecule has 2 nitrogen and oxygen atoms in total. The molecule has 0 radical (unpaired) electrons. The van der Waals surface area contributed by atoms with E-state index in [1.807, 2.05) is 25.3 Å². The molecule has 0 aliphatic carbocycles. The molecule has 1 saturated heterocycles. The van der Waals surface area contributed by atoms with Gasteiger partial charge in [0.05, 0.1) is 5.60 Å². The van der Waals surface area contributed by atoms with Crippen molar-refractivity contribution in [3.8, 4) is 11.1 Å². The molecule has 0 aromatic heterocycles. The zero-order chi connectivity index (χ0) is 14.7. The molecule has 1 heterocycles. The lowest BCUT2D eigenvalue weighted by molar-refractivity contribution is -0.0386. The van der Waals surface area contributed by atoms with Gasteiger partial charge in [0.15, 0.2) is 0 Å². The fraction of sp³-hybridized carbons (Fsp3) is 0.333. The number of methoxy groups -OCH3 is 1. The van der Waals surface area contributed by atoms with E-state index in [0.29, 0.717) is 0 Å². The van der Waals surface area contributed by atoms with Crippen LogP contribution in [0.4, 0.5) is 0 Å². The van der Waals surface area contributed by atoms with Gasteiger partial charge in [-0.1, -0.05) is 54.1 Å². The molecule has 1 fully saturated rings. The molecule has 110 valence electrons. The second-order valence-corrected chi connectivity index (χ2v) is 5.88. The smallest absolute Gasteiger partial charge is 0.0957 e. The van der Waals surface area contributed by atoms with Crippen LogP contribution in [0.5, 0.6) is 0 Å². The minimum atomic E-state index is -0.221. The van der Waals surface area contributed by atoms with Crippen LogP contribution in [0.1, 0.15) is 18.4 Å². The summed E-state index contributed by atoms with van der Waals surface area (Å²) in [6.45, 7) is 1.95. The number of hydrogen-bond acceptors (Lipinski definition) is 2. The highest BCUT2D eigenvalue weighted by atomic mass is 35.5. The summed E-state index contributed by atoms with van der Waals surface area (Å²) in [4.78, 5) is 0. The van der Waals surface area contributed by atoms with E-state index < -0.39 is 0 Å². The Bertz CT molecular complexity index is 620. The van der Waals surface area contributed by atoms with Crippen molar-refractivity contribution in [1.82, 2.24) is 5.32 Å². The first-order valence-corrected chi connectivity index (χ1v) is 7.75. The van der Waals surface area contributed by atoms with Crippen LogP contribution >= 0.6 is 11.6 Å². The van der Waals surface area contributed by atoms with E-state index in [9.17, 15) is 0 Å². The number of halogens is 1. The third-order valence-electron chi connectivity index (χ3n) is 4.38. The first-order chi connectivity index (χ1) is 10.3. The van der Waals surface area contributed by atoms with Crippen molar-refractivity contribution < 1.29 is 4.74 Å². The second kappa shape index (κ2) is 6.18. The molecule has 1 aliphatic heterocycles. The molecule has 2 aromatic rings. The summed E-state index contributed by atoms with van der Waals surface area (Å²) in [6, 6.07) is 16.5. The van der Waals surface area contributed by atoms with Gasteiger partial charge in [0.2, 0.25) is 0 Å². The molecule has 1 N–H and O–H groups in total. The Balaban J connectivity index is 2.14. The predicted molar refractivity (Wildman–Crippen MR) is 87.7 cm³/mol. The van der Waals surface area contributed by atoms with E-state index in [4.69, 9.17) is 16.3 Å². The SMILES string of the molecule is COC1(c2ccccc2-c2ccccc2Cl)CCNCC1. The van der Waals surface area contributed by atoms with E-state index in [1.54, 1.807) is 0 Å². The topological polar surface area (TPSA) is 21.3 Å². The summed E-state index contributed by atoms with van der Waals surface area (Å²) in [6.07, 6.45) is 1.95. The first kappa shape index (κ1) is 14.6. The van der Waals surface area contributed by atoms with Crippen LogP contribution in [-0.4, -0.2) is 20.2 Å². The Morgan fingerprint density at radius 1 is 0.952 bits per heavy atom. The van der Waals surface area contributed by atoms with E-state index >= 15 is 0 Å². The molecule has 0 amide bonds. The summed E-state index contributed by atoms with van der Waals surface area (Å²) in [5, 5.41) is 4.19. The normalized spacial score (nSPS) is 17.6. The summed E-state index contributed by atoms with van der Waals surface area (Å²) in [5.74, 6) is 0. The highest BCUT2D eigenvalue weighted by molar-refractivity contribution is 6.33. The van der Waals surface area contributed by atoms with Crippen molar-refractivity contribution in [2.24, 2.45) is 0 Å². The molecule has 0 unspecified atom stereocenters. The van der Waals surface area contributed by atoms with Gasteiger partial charge < -0.3 is 10.1 Å². The molecule has 1 aliphatic rings. The van der Waals surface area contributed by atoms with Gasteiger partial charge in [-0.05, 0) is 43.1 Å². The Morgan fingerprint density at radius 3 is 2.24 bits per heavy atom. The number of hydrogen-bond donors (Lipinski definition) is 1. The summed E-state index contributed by atoms with van der Waals surface area (Å²) < 4.78 is 5.98. The molecule has 21 heavy (non-hydrogen) atoms. The lowest BCUT2D eigenvalue weighted by Crippen LogP contribution is -2.41. The molecule has 3 heteroatoms. The number of piperidine rings is 1. The fourth-order valence-corrected chi connectivity index (χ4v) is 3.45. The molecule has 2 aromatic carbocycles. The molecule has 0 bridgehead atoms. The fourth-order valence-electron chi connectivity index (χ4n) is 3.21. The molecule has 3 rings (SSSR count). The Hall–Kier alpha value is -1.35. The average Bonchev–Trinajstić information content (AvgIpc) is 2.56. The lowest BCUT2D eigenvalue weighted by Gasteiger charge is -2.38. The predicted octanol–water partition coefficient (Wildman–Crippen LogP) is 4.23. The largest absolute Gasteiger partial charge is 0.373 e. The van der Waals surface area contributed by atoms with Gasteiger partial charge in [-0.15, -0.1) is 0 Å². The minimum absolute atomic E-state index is 0.221. The lowest BCUT2D eigenvalue weighted by atomic mass is 9.80. The van der Waals surface area contributed by atoms with Crippen molar-refractivity contribution in [3.63, 3.8) is 0 Å². The van der Waals surface area contributed by atoms with Crippen molar-refractivity contribution in [2.75, 3.05) is 20.2 Å². The average molecular weight is 302 g/mol. The minimum Gasteiger partial charge on any atom is -0.373 e. The maximum absolute atomic E-state index is 6.41. The monoisotopic (exact) mass is 301 g/mol. The van der Waals surface area contributed by atoms with Crippen LogP contribution in [0.25, 0.3) is 11.1 Å². The van der Waals surface area contributed by atoms with Gasteiger partial charge in [-0.3, -0.25) is 0 Å². The Kier molecular flexibility index (Phi) is 4.29. The zero-order valence-electron chi connectivity index (χ0n) is 12.2. The van der Waals surface area contributed by atoms with Crippen molar-refractivity contribution in [3.05, 3.63) is 59.1 Å². The molecule has 0 saturated carbocycles. The Morgan fingerprint density at radius 2 is 1.57 bits per heavy atom. The molecular formula is C18H20ClNO. The third-order valence-corrected chi connectivity index (χ3v) is 4.71. The number of benzene rings is 2. The highest BCUT2D eigenvalue weighted by Gasteiger charge is 2.35. The quantitative estimate of drug-likeness (QED) is 0.916. The maximum atomic E-state index is 6.41. The first-order valence-electron chi connectivity index (χ1n) is 7.37. The van der Waals surface area contributed by atoms with Crippen molar-refractivity contribution in [1.29, 1.82) is 0 Å². The van der Waals surface area contributed by atoms with Gasteiger partial charge in [0.25, 0.3) is 0 Å². The van der Waals surface area contributed by atoms with Crippen LogP contribution in [0.15, 0.2) is 48.5 Å². The van der Waals surface area contributed by atoms with E-state index in [1.165, 1.54) is 11.1 Å². The Labute approximate surface area is 131 Å². The van der Waals surface area contributed by atoms with Crippen LogP contribution < -0.4 is 5.32 Å². The summed E-state index contributed by atoms with van der Waals surface area (Å²) in [7, 11) is 1.81. The van der Waals surface area contributed by atoms with Crippen molar-refractivity contribution in [2.45, 2.75) is 18.4 Å². The van der Waals surface area contributed by atoms with Crippen LogP contribution in [0.3, 0.4) is 0 Å². The van der Waals surface area contributed by atoms with Crippen LogP contribution in [0, 0.1) is 0 Å². The summed E-state index contributed by atoms with van der Waals surface area (Å²) >= 11 is 6.41. The summed E-state index contributed by atoms with van der Waals surface area (Å²) in [5.41, 5.74) is 3.26. The zero-order valence-corrected chi connectivity index (χ0v) is 13.0. The van der Waals surface area contributed by atoms with E-state index in [2.05, 4.69) is 35.6 Å². The van der Waals surface area contributed by atoms with Gasteiger partial charge in [0.1, 0.15) is 0 Å². The van der Waals surface area contributed by atoms with Crippen LogP contribution in [0.2, 0.25) is 5.02 Å². The van der Waals surface area contributed by atoms with E-state index in [0.717, 1.165) is 36.5 Å². The number of ether oxygens (including phenoxy) is 1.